The van der Waals surface area contributed by atoms with E-state index in [9.17, 15) is 22.8 Å². The predicted molar refractivity (Wildman–Crippen MR) is 125 cm³/mol. The van der Waals surface area contributed by atoms with E-state index in [1.807, 2.05) is 0 Å². The fourth-order valence-corrected chi connectivity index (χ4v) is 4.72. The maximum Gasteiger partial charge on any atom is 0.416 e. The molecule has 1 saturated heterocycles. The molecule has 0 unspecified atom stereocenters. The first-order chi connectivity index (χ1) is 16.2. The second-order valence-electron chi connectivity index (χ2n) is 8.91. The molecule has 2 heterocycles. The Bertz CT molecular complexity index is 1030. The van der Waals surface area contributed by atoms with Gasteiger partial charge in [-0.1, -0.05) is 12.1 Å². The van der Waals surface area contributed by atoms with Crippen LogP contribution in [-0.4, -0.2) is 49.9 Å². The van der Waals surface area contributed by atoms with Crippen LogP contribution in [0.25, 0.3) is 0 Å². The second-order valence-corrected chi connectivity index (χ2v) is 8.91. The summed E-state index contributed by atoms with van der Waals surface area (Å²) >= 11 is 0. The number of halogens is 3. The number of carbonyl (C=O) groups excluding carboxylic acids is 2. The van der Waals surface area contributed by atoms with Crippen molar-refractivity contribution < 1.29 is 22.8 Å². The van der Waals surface area contributed by atoms with Gasteiger partial charge in [0.25, 0.3) is 0 Å². The van der Waals surface area contributed by atoms with Crippen molar-refractivity contribution in [2.45, 2.75) is 37.9 Å². The minimum atomic E-state index is -4.46. The smallest absolute Gasteiger partial charge is 0.374 e. The number of aryl methyl sites for hydroxylation is 1. The number of likely N-dealkylation sites (tertiary alicyclic amines) is 1. The normalized spacial score (nSPS) is 17.2. The molecule has 4 rings (SSSR count). The Balaban J connectivity index is 1.41. The highest BCUT2D eigenvalue weighted by Crippen LogP contribution is 2.32. The van der Waals surface area contributed by atoms with Crippen molar-refractivity contribution >= 4 is 23.2 Å². The van der Waals surface area contributed by atoms with Gasteiger partial charge in [0.15, 0.2) is 0 Å². The third-order valence-electron chi connectivity index (χ3n) is 6.55. The van der Waals surface area contributed by atoms with Crippen molar-refractivity contribution in [3.8, 4) is 0 Å². The minimum absolute atomic E-state index is 0.0529. The van der Waals surface area contributed by atoms with Crippen LogP contribution in [0.2, 0.25) is 0 Å². The predicted octanol–water partition coefficient (Wildman–Crippen LogP) is 3.98. The van der Waals surface area contributed by atoms with Crippen molar-refractivity contribution in [2.24, 2.45) is 0 Å². The van der Waals surface area contributed by atoms with E-state index in [4.69, 9.17) is 0 Å². The van der Waals surface area contributed by atoms with Gasteiger partial charge in [0.2, 0.25) is 0 Å². The lowest BCUT2D eigenvalue weighted by atomic mass is 9.96. The Morgan fingerprint density at radius 3 is 2.35 bits per heavy atom. The molecular formula is C25H29F3N4O2. The van der Waals surface area contributed by atoms with E-state index in [-0.39, 0.29) is 18.3 Å². The van der Waals surface area contributed by atoms with Crippen LogP contribution in [0.1, 0.15) is 42.0 Å². The van der Waals surface area contributed by atoms with Crippen molar-refractivity contribution in [3.63, 3.8) is 0 Å². The molecule has 9 heteroatoms. The molecule has 0 radical (unpaired) electrons. The molecule has 0 bridgehead atoms. The Kier molecular flexibility index (Phi) is 7.11. The SMILES string of the molecule is CN1CCCc2cc([C@H](CNC(=O)C(=O)Nc3ccc(C(F)(F)F)cc3)N3CCCC3)ccc21. The molecule has 34 heavy (non-hydrogen) atoms. The van der Waals surface area contributed by atoms with Crippen molar-refractivity contribution in [3.05, 3.63) is 59.2 Å². The number of nitrogens with zero attached hydrogens (tertiary/aromatic N) is 2. The summed E-state index contributed by atoms with van der Waals surface area (Å²) in [5.74, 6) is -1.73. The van der Waals surface area contributed by atoms with Crippen LogP contribution in [0.5, 0.6) is 0 Å². The summed E-state index contributed by atoms with van der Waals surface area (Å²) in [6.07, 6.45) is -0.167. The lowest BCUT2D eigenvalue weighted by molar-refractivity contribution is -0.137. The molecule has 2 aromatic carbocycles. The summed E-state index contributed by atoms with van der Waals surface area (Å²) in [5, 5.41) is 5.08. The van der Waals surface area contributed by atoms with Crippen molar-refractivity contribution in [2.75, 3.05) is 43.4 Å². The fourth-order valence-electron chi connectivity index (χ4n) is 4.72. The summed E-state index contributed by atoms with van der Waals surface area (Å²) in [4.78, 5) is 29.4. The third-order valence-corrected chi connectivity index (χ3v) is 6.55. The quantitative estimate of drug-likeness (QED) is 0.644. The average Bonchev–Trinajstić information content (AvgIpc) is 3.33. The third kappa shape index (κ3) is 5.52. The number of anilines is 2. The van der Waals surface area contributed by atoms with E-state index < -0.39 is 23.6 Å². The zero-order chi connectivity index (χ0) is 24.3. The first-order valence-corrected chi connectivity index (χ1v) is 11.6. The van der Waals surface area contributed by atoms with Crippen LogP contribution in [0.3, 0.4) is 0 Å². The molecule has 182 valence electrons. The summed E-state index contributed by atoms with van der Waals surface area (Å²) < 4.78 is 38.1. The van der Waals surface area contributed by atoms with E-state index >= 15 is 0 Å². The Morgan fingerprint density at radius 1 is 0.971 bits per heavy atom. The highest BCUT2D eigenvalue weighted by molar-refractivity contribution is 6.39. The van der Waals surface area contributed by atoms with Crippen molar-refractivity contribution in [1.82, 2.24) is 10.2 Å². The molecule has 0 aromatic heterocycles. The molecule has 1 atom stereocenters. The number of nitrogens with one attached hydrogen (secondary N) is 2. The van der Waals surface area contributed by atoms with Gasteiger partial charge in [0, 0.05) is 31.5 Å². The number of hydrogen-bond donors (Lipinski definition) is 2. The fraction of sp³-hybridized carbons (Fsp3) is 0.440. The topological polar surface area (TPSA) is 64.7 Å². The highest BCUT2D eigenvalue weighted by atomic mass is 19.4. The van der Waals surface area contributed by atoms with Crippen LogP contribution in [0, 0.1) is 0 Å². The monoisotopic (exact) mass is 474 g/mol. The van der Waals surface area contributed by atoms with Gasteiger partial charge in [-0.15, -0.1) is 0 Å². The molecule has 0 spiro atoms. The molecule has 2 amide bonds. The molecule has 1 fully saturated rings. The lowest BCUT2D eigenvalue weighted by Gasteiger charge is -2.31. The number of amides is 2. The Morgan fingerprint density at radius 2 is 1.68 bits per heavy atom. The van der Waals surface area contributed by atoms with Gasteiger partial charge in [-0.05, 0) is 80.2 Å². The average molecular weight is 475 g/mol. The number of alkyl halides is 3. The molecule has 2 N–H and O–H groups in total. The summed E-state index contributed by atoms with van der Waals surface area (Å²) in [6.45, 7) is 3.16. The molecule has 0 saturated carbocycles. The zero-order valence-electron chi connectivity index (χ0n) is 19.1. The number of fused-ring (bicyclic) bond motifs is 1. The molecule has 0 aliphatic carbocycles. The van der Waals surface area contributed by atoms with Crippen LogP contribution < -0.4 is 15.5 Å². The maximum atomic E-state index is 12.7. The van der Waals surface area contributed by atoms with E-state index in [0.29, 0.717) is 0 Å². The van der Waals surface area contributed by atoms with Crippen LogP contribution in [-0.2, 0) is 22.2 Å². The van der Waals surface area contributed by atoms with Gasteiger partial charge < -0.3 is 15.5 Å². The van der Waals surface area contributed by atoms with Gasteiger partial charge in [-0.3, -0.25) is 14.5 Å². The van der Waals surface area contributed by atoms with Crippen LogP contribution >= 0.6 is 0 Å². The molecule has 6 nitrogen and oxygen atoms in total. The first kappa shape index (κ1) is 24.1. The van der Waals surface area contributed by atoms with E-state index in [0.717, 1.165) is 75.1 Å². The summed E-state index contributed by atoms with van der Waals surface area (Å²) in [5.41, 5.74) is 2.94. The molecular weight excluding hydrogens is 445 g/mol. The lowest BCUT2D eigenvalue weighted by Crippen LogP contribution is -2.41. The maximum absolute atomic E-state index is 12.7. The van der Waals surface area contributed by atoms with Gasteiger partial charge in [0.05, 0.1) is 11.6 Å². The van der Waals surface area contributed by atoms with Gasteiger partial charge in [-0.2, -0.15) is 13.2 Å². The summed E-state index contributed by atoms with van der Waals surface area (Å²) in [7, 11) is 2.09. The number of benzene rings is 2. The van der Waals surface area contributed by atoms with Crippen LogP contribution in [0.15, 0.2) is 42.5 Å². The van der Waals surface area contributed by atoms with Gasteiger partial charge in [0.1, 0.15) is 0 Å². The van der Waals surface area contributed by atoms with Gasteiger partial charge in [-0.25, -0.2) is 0 Å². The summed E-state index contributed by atoms with van der Waals surface area (Å²) in [6, 6.07) is 10.4. The second kappa shape index (κ2) is 10.0. The zero-order valence-corrected chi connectivity index (χ0v) is 19.1. The Labute approximate surface area is 197 Å². The van der Waals surface area contributed by atoms with Gasteiger partial charge >= 0.3 is 18.0 Å². The Hall–Kier alpha value is -3.07. The van der Waals surface area contributed by atoms with E-state index in [1.165, 1.54) is 11.3 Å². The highest BCUT2D eigenvalue weighted by Gasteiger charge is 2.30. The number of carbonyl (C=O) groups is 2. The minimum Gasteiger partial charge on any atom is -0.374 e. The largest absolute Gasteiger partial charge is 0.416 e. The molecule has 2 aliphatic rings. The number of rotatable bonds is 5. The van der Waals surface area contributed by atoms with Crippen molar-refractivity contribution in [1.29, 1.82) is 0 Å². The van der Waals surface area contributed by atoms with Crippen LogP contribution in [0.4, 0.5) is 24.5 Å². The van der Waals surface area contributed by atoms with E-state index in [2.05, 4.69) is 45.7 Å². The number of hydrogen-bond acceptors (Lipinski definition) is 4. The van der Waals surface area contributed by atoms with E-state index in [1.54, 1.807) is 0 Å². The standard InChI is InChI=1S/C25H29F3N4O2/c1-31-12-4-5-17-15-18(6-11-21(17)31)22(32-13-2-3-14-32)16-29-23(33)24(34)30-20-9-7-19(8-10-20)25(26,27)28/h6-11,15,22H,2-5,12-14,16H2,1H3,(H,29,33)(H,30,34)/t22-/m0/s1. The first-order valence-electron chi connectivity index (χ1n) is 11.6. The molecule has 2 aliphatic heterocycles. The molecule has 2 aromatic rings.